The van der Waals surface area contributed by atoms with Gasteiger partial charge >= 0.3 is 0 Å². The van der Waals surface area contributed by atoms with Gasteiger partial charge in [-0.15, -0.1) is 0 Å². The van der Waals surface area contributed by atoms with E-state index in [1.165, 1.54) is 16.7 Å². The highest BCUT2D eigenvalue weighted by Gasteiger charge is 2.28. The zero-order valence-electron chi connectivity index (χ0n) is 32.5. The SMILES string of the molecule is C/C=C\C(=C/Cc1ccccc1)N1c2cc(-c3ccccc3)ccc2[B]c2ccc(N(c3ccccc3)c3ccccc3)cc2-c2c(Nc3ccccc3)cccc21. The van der Waals surface area contributed by atoms with Gasteiger partial charge in [-0.3, -0.25) is 0 Å². The minimum atomic E-state index is 0.787. The van der Waals surface area contributed by atoms with Gasteiger partial charge < -0.3 is 15.1 Å². The standard InChI is InChI=1S/C54H43BN3/c1-2-19-44(34-32-40-20-8-3-9-21-40)58-52-31-18-30-51(56-43-24-12-5-13-25-43)54(52)48-39-47(57(45-26-14-6-15-27-45)46-28-16-7-17-29-46)35-37-49(48)55-50-36-33-42(38-53(50)58)41-22-10-4-11-23-41/h2-31,33-39,56H,32H2,1H3/b19-2-,44-34+. The van der Waals surface area contributed by atoms with Gasteiger partial charge in [0.2, 0.25) is 0 Å². The highest BCUT2D eigenvalue weighted by atomic mass is 15.2. The fraction of sp³-hybridized carbons (Fsp3) is 0.0370. The van der Waals surface area contributed by atoms with E-state index >= 15 is 0 Å². The molecule has 1 radical (unpaired) electrons. The minimum absolute atomic E-state index is 0.787. The Labute approximate surface area is 343 Å². The molecule has 0 saturated carbocycles. The number of fused-ring (bicyclic) bond motifs is 4. The molecule has 1 aliphatic rings. The van der Waals surface area contributed by atoms with Crippen LogP contribution in [-0.4, -0.2) is 7.28 Å². The van der Waals surface area contributed by atoms with E-state index in [0.717, 1.165) is 74.0 Å². The maximum Gasteiger partial charge on any atom is 0.195 e. The Morgan fingerprint density at radius 3 is 1.84 bits per heavy atom. The molecule has 0 saturated heterocycles. The van der Waals surface area contributed by atoms with Crippen LogP contribution in [0.25, 0.3) is 22.3 Å². The number of hydrogen-bond acceptors (Lipinski definition) is 3. The van der Waals surface area contributed by atoms with E-state index in [9.17, 15) is 0 Å². The second-order valence-corrected chi connectivity index (χ2v) is 14.4. The third-order valence-electron chi connectivity index (χ3n) is 10.6. The Balaban J connectivity index is 1.33. The van der Waals surface area contributed by atoms with Gasteiger partial charge in [0.15, 0.2) is 7.28 Å². The molecule has 0 aliphatic carbocycles. The third-order valence-corrected chi connectivity index (χ3v) is 10.6. The first-order valence-corrected chi connectivity index (χ1v) is 19.9. The van der Waals surface area contributed by atoms with E-state index in [1.54, 1.807) is 0 Å². The largest absolute Gasteiger partial charge is 0.355 e. The summed E-state index contributed by atoms with van der Waals surface area (Å²) >= 11 is 0. The van der Waals surface area contributed by atoms with Crippen LogP contribution in [0.15, 0.2) is 230 Å². The molecule has 1 N–H and O–H groups in total. The fourth-order valence-corrected chi connectivity index (χ4v) is 7.90. The first kappa shape index (κ1) is 36.3. The van der Waals surface area contributed by atoms with Gasteiger partial charge in [-0.1, -0.05) is 163 Å². The van der Waals surface area contributed by atoms with Crippen molar-refractivity contribution in [1.29, 1.82) is 0 Å². The lowest BCUT2D eigenvalue weighted by atomic mass is 9.60. The lowest BCUT2D eigenvalue weighted by molar-refractivity contribution is 1.16. The summed E-state index contributed by atoms with van der Waals surface area (Å²) in [4.78, 5) is 4.81. The van der Waals surface area contributed by atoms with Crippen LogP contribution in [-0.2, 0) is 6.42 Å². The summed E-state index contributed by atoms with van der Waals surface area (Å²) in [6.07, 6.45) is 7.54. The Bertz CT molecular complexity index is 2650. The predicted octanol–water partition coefficient (Wildman–Crippen LogP) is 13.0. The van der Waals surface area contributed by atoms with E-state index < -0.39 is 0 Å². The number of hydrogen-bond donors (Lipinski definition) is 1. The van der Waals surface area contributed by atoms with Crippen LogP contribution < -0.4 is 26.0 Å². The maximum absolute atomic E-state index is 3.85. The molecule has 277 valence electrons. The molecule has 0 amide bonds. The number of nitrogens with zero attached hydrogens (tertiary/aromatic N) is 2. The minimum Gasteiger partial charge on any atom is -0.355 e. The molecule has 4 heteroatoms. The summed E-state index contributed by atoms with van der Waals surface area (Å²) < 4.78 is 0. The average molecular weight is 745 g/mol. The first-order valence-electron chi connectivity index (χ1n) is 19.9. The lowest BCUT2D eigenvalue weighted by Crippen LogP contribution is -2.36. The van der Waals surface area contributed by atoms with Crippen molar-refractivity contribution in [2.45, 2.75) is 13.3 Å². The molecule has 0 spiro atoms. The molecule has 9 rings (SSSR count). The summed E-state index contributed by atoms with van der Waals surface area (Å²) in [5.41, 5.74) is 16.8. The van der Waals surface area contributed by atoms with Crippen LogP contribution in [0.5, 0.6) is 0 Å². The van der Waals surface area contributed by atoms with E-state index in [2.05, 4.69) is 254 Å². The van der Waals surface area contributed by atoms with Crippen molar-refractivity contribution < 1.29 is 0 Å². The number of anilines is 7. The zero-order chi connectivity index (χ0) is 39.1. The number of allylic oxidation sites excluding steroid dienone is 3. The Hall–Kier alpha value is -7.30. The number of nitrogens with one attached hydrogen (secondary N) is 1. The van der Waals surface area contributed by atoms with Gasteiger partial charge in [0, 0.05) is 45.4 Å². The second-order valence-electron chi connectivity index (χ2n) is 14.4. The monoisotopic (exact) mass is 744 g/mol. The van der Waals surface area contributed by atoms with Crippen molar-refractivity contribution in [1.82, 2.24) is 0 Å². The van der Waals surface area contributed by atoms with Gasteiger partial charge in [-0.05, 0) is 108 Å². The van der Waals surface area contributed by atoms with Gasteiger partial charge in [0.1, 0.15) is 0 Å². The maximum atomic E-state index is 3.85. The molecule has 1 aliphatic heterocycles. The second kappa shape index (κ2) is 16.8. The van der Waals surface area contributed by atoms with Crippen LogP contribution >= 0.6 is 0 Å². The van der Waals surface area contributed by atoms with Crippen molar-refractivity contribution >= 4 is 58.0 Å². The zero-order valence-corrected chi connectivity index (χ0v) is 32.5. The van der Waals surface area contributed by atoms with E-state index in [1.807, 2.05) is 0 Å². The molecular formula is C54H43BN3. The fourth-order valence-electron chi connectivity index (χ4n) is 7.90. The first-order chi connectivity index (χ1) is 28.7. The summed E-state index contributed by atoms with van der Waals surface area (Å²) in [6, 6.07) is 73.6. The molecule has 0 bridgehead atoms. The third kappa shape index (κ3) is 7.61. The molecule has 0 atom stereocenters. The van der Waals surface area contributed by atoms with Crippen LogP contribution in [0.1, 0.15) is 12.5 Å². The van der Waals surface area contributed by atoms with Crippen LogP contribution in [0.2, 0.25) is 0 Å². The highest BCUT2D eigenvalue weighted by molar-refractivity contribution is 6.70. The van der Waals surface area contributed by atoms with E-state index in [-0.39, 0.29) is 0 Å². The molecule has 58 heavy (non-hydrogen) atoms. The number of benzene rings is 8. The number of para-hydroxylation sites is 3. The van der Waals surface area contributed by atoms with Gasteiger partial charge in [0.05, 0.1) is 5.69 Å². The van der Waals surface area contributed by atoms with Crippen LogP contribution in [0.3, 0.4) is 0 Å². The molecule has 3 nitrogen and oxygen atoms in total. The Morgan fingerprint density at radius 1 is 0.552 bits per heavy atom. The molecule has 0 fully saturated rings. The van der Waals surface area contributed by atoms with Gasteiger partial charge in [-0.25, -0.2) is 0 Å². The topological polar surface area (TPSA) is 18.5 Å². The summed E-state index contributed by atoms with van der Waals surface area (Å²) in [5.74, 6) is 0. The van der Waals surface area contributed by atoms with Gasteiger partial charge in [0.25, 0.3) is 0 Å². The Morgan fingerprint density at radius 2 is 1.17 bits per heavy atom. The molecule has 8 aromatic carbocycles. The quantitative estimate of drug-likeness (QED) is 0.111. The normalized spacial score (nSPS) is 12.1. The summed E-state index contributed by atoms with van der Waals surface area (Å²) in [5, 5.41) is 3.85. The van der Waals surface area contributed by atoms with Crippen molar-refractivity contribution in [3.63, 3.8) is 0 Å². The Kier molecular flexibility index (Phi) is 10.5. The molecule has 0 aromatic heterocycles. The highest BCUT2D eigenvalue weighted by Crippen LogP contribution is 2.46. The van der Waals surface area contributed by atoms with Crippen LogP contribution in [0.4, 0.5) is 39.8 Å². The molecule has 0 unspecified atom stereocenters. The molecule has 8 aromatic rings. The van der Waals surface area contributed by atoms with Gasteiger partial charge in [-0.2, -0.15) is 0 Å². The van der Waals surface area contributed by atoms with Crippen molar-refractivity contribution in [2.75, 3.05) is 15.1 Å². The predicted molar refractivity (Wildman–Crippen MR) is 248 cm³/mol. The van der Waals surface area contributed by atoms with E-state index in [4.69, 9.17) is 0 Å². The smallest absolute Gasteiger partial charge is 0.195 e. The van der Waals surface area contributed by atoms with E-state index in [0.29, 0.717) is 0 Å². The summed E-state index contributed by atoms with van der Waals surface area (Å²) in [7, 11) is 2.36. The lowest BCUT2D eigenvalue weighted by Gasteiger charge is -2.35. The molecule has 1 heterocycles. The summed E-state index contributed by atoms with van der Waals surface area (Å²) in [6.45, 7) is 2.10. The molecular weight excluding hydrogens is 701 g/mol. The number of rotatable bonds is 10. The van der Waals surface area contributed by atoms with Crippen LogP contribution in [0, 0.1) is 0 Å². The van der Waals surface area contributed by atoms with Crippen molar-refractivity contribution in [3.8, 4) is 22.3 Å². The average Bonchev–Trinajstić information content (AvgIpc) is 3.28. The van der Waals surface area contributed by atoms with Crippen molar-refractivity contribution in [3.05, 3.63) is 236 Å². The van der Waals surface area contributed by atoms with Crippen molar-refractivity contribution in [2.24, 2.45) is 0 Å².